The summed E-state index contributed by atoms with van der Waals surface area (Å²) >= 11 is 7.71. The van der Waals surface area contributed by atoms with Crippen molar-refractivity contribution >= 4 is 40.7 Å². The lowest BCUT2D eigenvalue weighted by Gasteiger charge is -2.32. The van der Waals surface area contributed by atoms with Crippen molar-refractivity contribution in [3.8, 4) is 0 Å². The average Bonchev–Trinajstić information content (AvgIpc) is 3.62. The summed E-state index contributed by atoms with van der Waals surface area (Å²) < 4.78 is 5.65. The lowest BCUT2D eigenvalue weighted by molar-refractivity contribution is -0.141. The Morgan fingerprint density at radius 2 is 1.81 bits per heavy atom. The van der Waals surface area contributed by atoms with Crippen molar-refractivity contribution in [1.29, 1.82) is 0 Å². The summed E-state index contributed by atoms with van der Waals surface area (Å²) in [5.74, 6) is -1.06. The minimum atomic E-state index is -0.921. The van der Waals surface area contributed by atoms with E-state index in [0.717, 1.165) is 12.8 Å². The Morgan fingerprint density at radius 3 is 2.50 bits per heavy atom. The first-order valence-corrected chi connectivity index (χ1v) is 13.1. The molecule has 2 heterocycles. The van der Waals surface area contributed by atoms with Crippen LogP contribution in [0.2, 0.25) is 5.02 Å². The van der Waals surface area contributed by atoms with Crippen LogP contribution in [0.4, 0.5) is 0 Å². The van der Waals surface area contributed by atoms with E-state index in [4.69, 9.17) is 16.3 Å². The number of halogens is 1. The number of carbonyl (C=O) groups excluding carboxylic acids is 3. The molecular formula is C27H28ClN3O4S. The number of hydrogen-bond donors (Lipinski definition) is 2. The van der Waals surface area contributed by atoms with Gasteiger partial charge in [0.15, 0.2) is 0 Å². The summed E-state index contributed by atoms with van der Waals surface area (Å²) in [6, 6.07) is 18.9. The fraction of sp³-hybridized carbons (Fsp3) is 0.296. The summed E-state index contributed by atoms with van der Waals surface area (Å²) in [5, 5.41) is 7.94. The Hall–Kier alpha value is -3.20. The van der Waals surface area contributed by atoms with Crippen LogP contribution in [-0.4, -0.2) is 48.4 Å². The molecule has 0 aliphatic carbocycles. The van der Waals surface area contributed by atoms with Crippen LogP contribution < -0.4 is 10.6 Å². The highest BCUT2D eigenvalue weighted by Gasteiger charge is 2.32. The third kappa shape index (κ3) is 6.72. The first-order chi connectivity index (χ1) is 17.5. The third-order valence-electron chi connectivity index (χ3n) is 5.97. The van der Waals surface area contributed by atoms with E-state index in [1.165, 1.54) is 16.2 Å². The summed E-state index contributed by atoms with van der Waals surface area (Å²) in [7, 11) is 0. The highest BCUT2D eigenvalue weighted by Crippen LogP contribution is 2.26. The molecule has 1 saturated heterocycles. The van der Waals surface area contributed by atoms with Crippen molar-refractivity contribution in [2.24, 2.45) is 0 Å². The van der Waals surface area contributed by atoms with E-state index in [2.05, 4.69) is 10.6 Å². The van der Waals surface area contributed by atoms with Gasteiger partial charge < -0.3 is 20.3 Å². The van der Waals surface area contributed by atoms with Gasteiger partial charge >= 0.3 is 0 Å². The maximum Gasteiger partial charge on any atom is 0.261 e. The number of amides is 3. The first kappa shape index (κ1) is 25.9. The van der Waals surface area contributed by atoms with E-state index in [1.54, 1.807) is 23.6 Å². The van der Waals surface area contributed by atoms with E-state index in [0.29, 0.717) is 34.2 Å². The van der Waals surface area contributed by atoms with Gasteiger partial charge in [0.25, 0.3) is 5.91 Å². The normalized spacial score (nSPS) is 15.8. The summed E-state index contributed by atoms with van der Waals surface area (Å²) in [4.78, 5) is 41.6. The molecule has 188 valence electrons. The zero-order valence-corrected chi connectivity index (χ0v) is 21.3. The Bertz CT molecular complexity index is 1170. The van der Waals surface area contributed by atoms with Crippen molar-refractivity contribution in [2.75, 3.05) is 19.7 Å². The van der Waals surface area contributed by atoms with Crippen LogP contribution in [0, 0.1) is 0 Å². The Kier molecular flexibility index (Phi) is 9.11. The maximum absolute atomic E-state index is 13.6. The first-order valence-electron chi connectivity index (χ1n) is 11.8. The molecule has 3 amide bonds. The van der Waals surface area contributed by atoms with Gasteiger partial charge in [-0.05, 0) is 41.5 Å². The molecule has 2 aromatic carbocycles. The molecule has 9 heteroatoms. The third-order valence-corrected chi connectivity index (χ3v) is 7.20. The molecule has 7 nitrogen and oxygen atoms in total. The predicted molar refractivity (Wildman–Crippen MR) is 140 cm³/mol. The van der Waals surface area contributed by atoms with Gasteiger partial charge in [-0.15, -0.1) is 11.3 Å². The molecule has 36 heavy (non-hydrogen) atoms. The second-order valence-corrected chi connectivity index (χ2v) is 9.82. The number of hydrogen-bond acceptors (Lipinski definition) is 5. The number of nitrogens with one attached hydrogen (secondary N) is 2. The molecule has 0 bridgehead atoms. The highest BCUT2D eigenvalue weighted by atomic mass is 35.5. The van der Waals surface area contributed by atoms with Gasteiger partial charge in [-0.1, -0.05) is 66.2 Å². The number of ether oxygens (including phenoxy) is 1. The van der Waals surface area contributed by atoms with Crippen LogP contribution in [-0.2, 0) is 20.9 Å². The number of rotatable bonds is 10. The summed E-state index contributed by atoms with van der Waals surface area (Å²) in [5.41, 5.74) is 1.36. The van der Waals surface area contributed by atoms with E-state index < -0.39 is 11.9 Å². The highest BCUT2D eigenvalue weighted by molar-refractivity contribution is 7.12. The zero-order valence-electron chi connectivity index (χ0n) is 19.7. The fourth-order valence-corrected chi connectivity index (χ4v) is 4.95. The van der Waals surface area contributed by atoms with Crippen molar-refractivity contribution in [1.82, 2.24) is 15.5 Å². The largest absolute Gasteiger partial charge is 0.376 e. The van der Waals surface area contributed by atoms with E-state index in [1.807, 2.05) is 48.5 Å². The lowest BCUT2D eigenvalue weighted by atomic mass is 10.0. The molecule has 1 aliphatic heterocycles. The quantitative estimate of drug-likeness (QED) is 0.415. The number of thiophene rings is 1. The van der Waals surface area contributed by atoms with E-state index in [9.17, 15) is 14.4 Å². The monoisotopic (exact) mass is 525 g/mol. The molecule has 0 spiro atoms. The van der Waals surface area contributed by atoms with Gasteiger partial charge in [-0.25, -0.2) is 0 Å². The second-order valence-electron chi connectivity index (χ2n) is 8.47. The SMILES string of the molecule is O=C(NCC(=O)N(Cc1ccccc1Cl)[C@@H](C(=O)NC[C@@H]1CCCO1)c1ccccc1)c1cccs1. The standard InChI is InChI=1S/C27H28ClN3O4S/c28-22-12-5-4-10-20(22)18-31(24(32)17-30-26(33)23-13-7-15-36-23)25(19-8-2-1-3-9-19)27(34)29-16-21-11-6-14-35-21/h1-5,7-10,12-13,15,21,25H,6,11,14,16-18H2,(H,29,34)(H,30,33)/t21-,25+/m0/s1. The predicted octanol–water partition coefficient (Wildman–Crippen LogP) is 4.20. The number of carbonyl (C=O) groups is 3. The molecule has 0 saturated carbocycles. The average molecular weight is 526 g/mol. The zero-order chi connectivity index (χ0) is 25.3. The Morgan fingerprint density at radius 1 is 1.03 bits per heavy atom. The van der Waals surface area contributed by atoms with E-state index in [-0.39, 0.29) is 31.0 Å². The molecule has 2 N–H and O–H groups in total. The smallest absolute Gasteiger partial charge is 0.261 e. The minimum Gasteiger partial charge on any atom is -0.376 e. The van der Waals surface area contributed by atoms with Gasteiger partial charge in [-0.3, -0.25) is 14.4 Å². The fourth-order valence-electron chi connectivity index (χ4n) is 4.11. The van der Waals surface area contributed by atoms with Crippen molar-refractivity contribution < 1.29 is 19.1 Å². The van der Waals surface area contributed by atoms with Gasteiger partial charge in [-0.2, -0.15) is 0 Å². The summed E-state index contributed by atoms with van der Waals surface area (Å²) in [6.45, 7) is 0.888. The van der Waals surface area contributed by atoms with Crippen LogP contribution in [0.25, 0.3) is 0 Å². The van der Waals surface area contributed by atoms with Crippen LogP contribution in [0.15, 0.2) is 72.1 Å². The number of benzene rings is 2. The minimum absolute atomic E-state index is 0.0387. The molecule has 0 radical (unpaired) electrons. The maximum atomic E-state index is 13.6. The molecule has 4 rings (SSSR count). The second kappa shape index (κ2) is 12.7. The van der Waals surface area contributed by atoms with Crippen molar-refractivity contribution in [3.63, 3.8) is 0 Å². The summed E-state index contributed by atoms with van der Waals surface area (Å²) in [6.07, 6.45) is 1.81. The molecule has 3 aromatic rings. The van der Waals surface area contributed by atoms with Crippen LogP contribution in [0.5, 0.6) is 0 Å². The Balaban J connectivity index is 1.60. The molecule has 1 fully saturated rings. The van der Waals surface area contributed by atoms with Crippen molar-refractivity contribution in [2.45, 2.75) is 31.5 Å². The lowest BCUT2D eigenvalue weighted by Crippen LogP contribution is -2.48. The molecule has 0 unspecified atom stereocenters. The van der Waals surface area contributed by atoms with E-state index >= 15 is 0 Å². The molecule has 2 atom stereocenters. The molecule has 1 aliphatic rings. The molecule has 1 aromatic heterocycles. The van der Waals surface area contributed by atoms with Gasteiger partial charge in [0, 0.05) is 24.7 Å². The van der Waals surface area contributed by atoms with Crippen LogP contribution in [0.3, 0.4) is 0 Å². The number of nitrogens with zero attached hydrogens (tertiary/aromatic N) is 1. The van der Waals surface area contributed by atoms with Gasteiger partial charge in [0.05, 0.1) is 17.5 Å². The van der Waals surface area contributed by atoms with Crippen LogP contribution >= 0.6 is 22.9 Å². The van der Waals surface area contributed by atoms with Crippen molar-refractivity contribution in [3.05, 3.63) is 93.1 Å². The topological polar surface area (TPSA) is 87.7 Å². The van der Waals surface area contributed by atoms with Gasteiger partial charge in [0.2, 0.25) is 11.8 Å². The van der Waals surface area contributed by atoms with Gasteiger partial charge in [0.1, 0.15) is 6.04 Å². The Labute approximate surface area is 219 Å². The molecular weight excluding hydrogens is 498 g/mol. The van der Waals surface area contributed by atoms with Crippen LogP contribution in [0.1, 0.15) is 39.7 Å².